The smallest absolute Gasteiger partial charge is 0.140 e. The summed E-state index contributed by atoms with van der Waals surface area (Å²) in [5.41, 5.74) is 0.353. The molecule has 0 aromatic heterocycles. The largest absolute Gasteiger partial charge is 0.300 e. The zero-order chi connectivity index (χ0) is 10.0. The molecule has 0 aliphatic carbocycles. The zero-order valence-electron chi connectivity index (χ0n) is 6.90. The first-order valence-corrected chi connectivity index (χ1v) is 4.43. The van der Waals surface area contributed by atoms with Crippen molar-refractivity contribution >= 4 is 21.7 Å². The van der Waals surface area contributed by atoms with Crippen LogP contribution >= 0.6 is 15.9 Å². The maximum absolute atomic E-state index is 12.9. The number of Topliss-reactive ketones (excluding diaryl/α,β-unsaturated/α-hetero) is 1. The molecule has 13 heavy (non-hydrogen) atoms. The molecule has 0 saturated heterocycles. The molecule has 0 radical (unpaired) electrons. The van der Waals surface area contributed by atoms with Crippen molar-refractivity contribution in [1.82, 2.24) is 0 Å². The average molecular weight is 249 g/mol. The fourth-order valence-corrected chi connectivity index (χ4v) is 1.23. The van der Waals surface area contributed by atoms with Gasteiger partial charge >= 0.3 is 0 Å². The van der Waals surface area contributed by atoms with Gasteiger partial charge in [0.25, 0.3) is 0 Å². The molecule has 0 amide bonds. The van der Waals surface area contributed by atoms with Crippen molar-refractivity contribution in [2.45, 2.75) is 13.3 Å². The normalized spacial score (nSPS) is 10.2. The minimum atomic E-state index is -0.684. The fraction of sp³-hybridized carbons (Fsp3) is 0.222. The van der Waals surface area contributed by atoms with Crippen LogP contribution in [0, 0.1) is 11.6 Å². The Bertz CT molecular complexity index is 326. The Morgan fingerprint density at radius 3 is 2.23 bits per heavy atom. The molecular formula is C9H7BrF2O. The second kappa shape index (κ2) is 3.96. The van der Waals surface area contributed by atoms with E-state index in [1.165, 1.54) is 6.92 Å². The van der Waals surface area contributed by atoms with E-state index in [0.29, 0.717) is 5.56 Å². The predicted octanol–water partition coefficient (Wildman–Crippen LogP) is 2.86. The fourth-order valence-electron chi connectivity index (χ4n) is 0.998. The summed E-state index contributed by atoms with van der Waals surface area (Å²) < 4.78 is 25.6. The van der Waals surface area contributed by atoms with Crippen molar-refractivity contribution < 1.29 is 13.6 Å². The first-order valence-electron chi connectivity index (χ1n) is 3.63. The number of ketones is 1. The SMILES string of the molecule is CC(=O)Cc1cc(F)c(Br)c(F)c1. The third-order valence-corrected chi connectivity index (χ3v) is 2.25. The van der Waals surface area contributed by atoms with E-state index in [1.807, 2.05) is 0 Å². The van der Waals surface area contributed by atoms with Gasteiger partial charge in [0.05, 0.1) is 4.47 Å². The third kappa shape index (κ3) is 2.59. The molecule has 0 atom stereocenters. The maximum atomic E-state index is 12.9. The molecule has 1 aromatic carbocycles. The number of benzene rings is 1. The molecule has 0 spiro atoms. The first kappa shape index (κ1) is 10.3. The molecule has 0 aliphatic rings. The molecule has 0 aliphatic heterocycles. The molecule has 0 unspecified atom stereocenters. The molecule has 0 N–H and O–H groups in total. The molecule has 1 rings (SSSR count). The highest BCUT2D eigenvalue weighted by Crippen LogP contribution is 2.21. The Balaban J connectivity index is 3.06. The van der Waals surface area contributed by atoms with Gasteiger partial charge in [-0.15, -0.1) is 0 Å². The van der Waals surface area contributed by atoms with Gasteiger partial charge in [-0.25, -0.2) is 8.78 Å². The Hall–Kier alpha value is -0.770. The predicted molar refractivity (Wildman–Crippen MR) is 48.4 cm³/mol. The Labute approximate surface area is 82.9 Å². The number of carbonyl (C=O) groups is 1. The quantitative estimate of drug-likeness (QED) is 0.736. The minimum Gasteiger partial charge on any atom is -0.300 e. The van der Waals surface area contributed by atoms with Crippen LogP contribution in [0.3, 0.4) is 0 Å². The summed E-state index contributed by atoms with van der Waals surface area (Å²) in [6.45, 7) is 1.37. The topological polar surface area (TPSA) is 17.1 Å². The highest BCUT2D eigenvalue weighted by Gasteiger charge is 2.08. The van der Waals surface area contributed by atoms with Crippen molar-refractivity contribution in [3.63, 3.8) is 0 Å². The summed E-state index contributed by atoms with van der Waals surface area (Å²) in [7, 11) is 0. The molecule has 0 heterocycles. The van der Waals surface area contributed by atoms with E-state index in [9.17, 15) is 13.6 Å². The molecule has 70 valence electrons. The molecule has 0 fully saturated rings. The lowest BCUT2D eigenvalue weighted by molar-refractivity contribution is -0.116. The summed E-state index contributed by atoms with van der Waals surface area (Å²) in [5, 5.41) is 0. The van der Waals surface area contributed by atoms with Gasteiger partial charge in [0.1, 0.15) is 17.4 Å². The zero-order valence-corrected chi connectivity index (χ0v) is 8.49. The van der Waals surface area contributed by atoms with Crippen LogP contribution in [0.15, 0.2) is 16.6 Å². The lowest BCUT2D eigenvalue weighted by Gasteiger charge is -2.01. The van der Waals surface area contributed by atoms with Crippen LogP contribution < -0.4 is 0 Å². The number of rotatable bonds is 2. The van der Waals surface area contributed by atoms with Crippen LogP contribution in [-0.4, -0.2) is 5.78 Å². The van der Waals surface area contributed by atoms with Gasteiger partial charge < -0.3 is 0 Å². The van der Waals surface area contributed by atoms with Crippen LogP contribution in [0.1, 0.15) is 12.5 Å². The van der Waals surface area contributed by atoms with Gasteiger partial charge in [-0.05, 0) is 40.5 Å². The van der Waals surface area contributed by atoms with Crippen molar-refractivity contribution in [2.75, 3.05) is 0 Å². The van der Waals surface area contributed by atoms with Crippen molar-refractivity contribution in [2.24, 2.45) is 0 Å². The van der Waals surface area contributed by atoms with E-state index in [0.717, 1.165) is 12.1 Å². The van der Waals surface area contributed by atoms with E-state index in [1.54, 1.807) is 0 Å². The van der Waals surface area contributed by atoms with Crippen LogP contribution in [0.2, 0.25) is 0 Å². The van der Waals surface area contributed by atoms with E-state index in [-0.39, 0.29) is 16.7 Å². The van der Waals surface area contributed by atoms with Gasteiger partial charge in [0, 0.05) is 6.42 Å². The number of halogens is 3. The van der Waals surface area contributed by atoms with Crippen LogP contribution in [0.25, 0.3) is 0 Å². The lowest BCUT2D eigenvalue weighted by Crippen LogP contribution is -1.98. The third-order valence-electron chi connectivity index (χ3n) is 1.50. The highest BCUT2D eigenvalue weighted by molar-refractivity contribution is 9.10. The second-order valence-corrected chi connectivity index (χ2v) is 3.55. The van der Waals surface area contributed by atoms with Crippen molar-refractivity contribution in [1.29, 1.82) is 0 Å². The average Bonchev–Trinajstić information content (AvgIpc) is 1.98. The van der Waals surface area contributed by atoms with E-state index >= 15 is 0 Å². The molecular weight excluding hydrogens is 242 g/mol. The van der Waals surface area contributed by atoms with Gasteiger partial charge in [-0.1, -0.05) is 0 Å². The maximum Gasteiger partial charge on any atom is 0.140 e. The van der Waals surface area contributed by atoms with Crippen LogP contribution in [-0.2, 0) is 11.2 Å². The van der Waals surface area contributed by atoms with E-state index in [2.05, 4.69) is 15.9 Å². The summed E-state index contributed by atoms with van der Waals surface area (Å²) >= 11 is 2.74. The summed E-state index contributed by atoms with van der Waals surface area (Å²) in [6, 6.07) is 2.29. The molecule has 0 bridgehead atoms. The Morgan fingerprint density at radius 1 is 1.38 bits per heavy atom. The highest BCUT2D eigenvalue weighted by atomic mass is 79.9. The van der Waals surface area contributed by atoms with Gasteiger partial charge in [0.15, 0.2) is 0 Å². The van der Waals surface area contributed by atoms with Gasteiger partial charge in [0.2, 0.25) is 0 Å². The minimum absolute atomic E-state index is 0.0567. The van der Waals surface area contributed by atoms with Crippen molar-refractivity contribution in [3.8, 4) is 0 Å². The first-order chi connectivity index (χ1) is 6.00. The molecule has 1 nitrogen and oxygen atoms in total. The second-order valence-electron chi connectivity index (χ2n) is 2.75. The van der Waals surface area contributed by atoms with Crippen molar-refractivity contribution in [3.05, 3.63) is 33.8 Å². The summed E-state index contributed by atoms with van der Waals surface area (Å²) in [6.07, 6.45) is 0.0567. The molecule has 1 aromatic rings. The van der Waals surface area contributed by atoms with E-state index in [4.69, 9.17) is 0 Å². The lowest BCUT2D eigenvalue weighted by atomic mass is 10.1. The Morgan fingerprint density at radius 2 is 1.85 bits per heavy atom. The summed E-state index contributed by atoms with van der Waals surface area (Å²) in [4.78, 5) is 10.7. The van der Waals surface area contributed by atoms with Gasteiger partial charge in [-0.3, -0.25) is 4.79 Å². The number of hydrogen-bond acceptors (Lipinski definition) is 1. The number of carbonyl (C=O) groups excluding carboxylic acids is 1. The standard InChI is InChI=1S/C9H7BrF2O/c1-5(13)2-6-3-7(11)9(10)8(12)4-6/h3-4H,2H2,1H3. The van der Waals surface area contributed by atoms with Crippen LogP contribution in [0.4, 0.5) is 8.78 Å². The molecule has 4 heteroatoms. The monoisotopic (exact) mass is 248 g/mol. The number of hydrogen-bond donors (Lipinski definition) is 0. The van der Waals surface area contributed by atoms with Gasteiger partial charge in [-0.2, -0.15) is 0 Å². The summed E-state index contributed by atoms with van der Waals surface area (Å²) in [5.74, 6) is -1.49. The van der Waals surface area contributed by atoms with E-state index < -0.39 is 11.6 Å². The molecule has 0 saturated carbocycles. The van der Waals surface area contributed by atoms with Crippen LogP contribution in [0.5, 0.6) is 0 Å². The Kier molecular flexibility index (Phi) is 3.14.